The van der Waals surface area contributed by atoms with E-state index in [0.29, 0.717) is 103 Å². The second-order valence-corrected chi connectivity index (χ2v) is 28.9. The van der Waals surface area contributed by atoms with Gasteiger partial charge < -0.3 is 28.9 Å². The Hall–Kier alpha value is -11.9. The van der Waals surface area contributed by atoms with E-state index in [1.807, 2.05) is 146 Å². The summed E-state index contributed by atoms with van der Waals surface area (Å²) in [6.45, 7) is 17.9. The third-order valence-corrected chi connectivity index (χ3v) is 20.9. The number of H-pyrrole nitrogens is 2. The fourth-order valence-corrected chi connectivity index (χ4v) is 14.4. The first-order chi connectivity index (χ1) is 50.4. The Morgan fingerprint density at radius 3 is 0.705 bits per heavy atom. The fourth-order valence-electron chi connectivity index (χ4n) is 14.4. The number of nitrogens with one attached hydrogen (secondary N) is 2. The van der Waals surface area contributed by atoms with Crippen molar-refractivity contribution in [3.05, 3.63) is 336 Å². The Kier molecular flexibility index (Phi) is 17.4. The van der Waals surface area contributed by atoms with Crippen LogP contribution in [0.15, 0.2) is 291 Å². The molecule has 13 heteroatoms. The molecule has 15 aromatic rings. The Morgan fingerprint density at radius 2 is 0.429 bits per heavy atom. The molecule has 2 aliphatic rings. The first-order valence-electron chi connectivity index (χ1n) is 35.2. The van der Waals surface area contributed by atoms with E-state index in [4.69, 9.17) is 48.9 Å². The van der Waals surface area contributed by atoms with Crippen molar-refractivity contribution in [3.63, 3.8) is 0 Å². The van der Waals surface area contributed by atoms with Crippen LogP contribution in [0.25, 0.3) is 89.7 Å². The van der Waals surface area contributed by atoms with E-state index in [-0.39, 0.29) is 49.0 Å². The van der Waals surface area contributed by atoms with E-state index in [9.17, 15) is 0 Å². The average molecular weight is 1560 g/mol. The Bertz CT molecular complexity index is 5580. The van der Waals surface area contributed by atoms with Crippen LogP contribution in [0.1, 0.15) is 99.9 Å². The second-order valence-electron chi connectivity index (χ2n) is 28.9. The number of fused-ring (bicyclic) bond motifs is 20. The molecule has 2 N–H and O–H groups in total. The van der Waals surface area contributed by atoms with Crippen LogP contribution >= 0.6 is 0 Å². The zero-order chi connectivity index (χ0) is 70.9. The van der Waals surface area contributed by atoms with Gasteiger partial charge in [0.25, 0.3) is 0 Å². The van der Waals surface area contributed by atoms with Gasteiger partial charge >= 0.3 is 27.3 Å². The molecule has 12 nitrogen and oxygen atoms in total. The molecule has 506 valence electrons. The largest absolute Gasteiger partial charge is 4.00 e. The first kappa shape index (κ1) is 67.6. The summed E-state index contributed by atoms with van der Waals surface area (Å²) in [5.74, 6) is 6.83. The number of aromatic nitrogens is 8. The predicted octanol–water partition coefficient (Wildman–Crippen LogP) is 23.0. The van der Waals surface area contributed by atoms with E-state index in [1.54, 1.807) is 0 Å². The van der Waals surface area contributed by atoms with Crippen LogP contribution in [-0.4, -0.2) is 67.2 Å². The van der Waals surface area contributed by atoms with Gasteiger partial charge in [0.1, 0.15) is 68.6 Å². The van der Waals surface area contributed by atoms with Crippen LogP contribution in [0, 0.1) is 0 Å². The quantitative estimate of drug-likeness (QED) is 0.0897. The number of ether oxygens (including phenoxy) is 4. The molecule has 0 aliphatic carbocycles. The summed E-state index contributed by atoms with van der Waals surface area (Å²) >= 11 is 0. The predicted molar refractivity (Wildman–Crippen MR) is 422 cm³/mol. The summed E-state index contributed by atoms with van der Waals surface area (Å²) in [6.07, 6.45) is 0. The second kappa shape index (κ2) is 27.1. The topological polar surface area (TPSA) is 146 Å². The summed E-state index contributed by atoms with van der Waals surface area (Å²) in [6, 6.07) is 99.2. The van der Waals surface area contributed by atoms with Gasteiger partial charge in [-0.3, -0.25) is 0 Å². The maximum Gasteiger partial charge on any atom is 4.00 e. The van der Waals surface area contributed by atoms with Crippen molar-refractivity contribution in [2.24, 2.45) is 0 Å². The van der Waals surface area contributed by atoms with Gasteiger partial charge in [-0.15, -0.1) is 0 Å². The molecule has 0 saturated carbocycles. The first-order valence-corrected chi connectivity index (χ1v) is 35.2. The van der Waals surface area contributed by atoms with Crippen LogP contribution in [-0.2, 0) is 21.7 Å². The van der Waals surface area contributed by atoms with Crippen molar-refractivity contribution in [1.29, 1.82) is 0 Å². The molecule has 3 aromatic heterocycles. The summed E-state index contributed by atoms with van der Waals surface area (Å²) in [5.41, 5.74) is 13.6. The maximum absolute atomic E-state index is 6.73. The summed E-state index contributed by atoms with van der Waals surface area (Å²) in [4.78, 5) is 39.8. The van der Waals surface area contributed by atoms with Gasteiger partial charge in [-0.05, 0) is 166 Å². The van der Waals surface area contributed by atoms with E-state index in [0.717, 1.165) is 32.7 Å². The third kappa shape index (κ3) is 13.0. The molecule has 2 aliphatic heterocycles. The molecule has 0 radical (unpaired) electrons. The zero-order valence-corrected chi connectivity index (χ0v) is 63.4. The van der Waals surface area contributed by atoms with Gasteiger partial charge in [-0.25, -0.2) is 29.9 Å². The van der Waals surface area contributed by atoms with E-state index < -0.39 is 0 Å². The van der Waals surface area contributed by atoms with Gasteiger partial charge in [0.05, 0.1) is 0 Å². The number of hydrogen-bond acceptors (Lipinski definition) is 10. The molecule has 105 heavy (non-hydrogen) atoms. The molecule has 8 bridgehead atoms. The SMILES string of the molecule is CC(C)(c1ccccc1)c1ccc(Oc2ccc3c(c2)-c2nc-3nc3[nH]c(nc4nc(nc5[nH]c(n2)c2cc(Oc6ccc(C(C)(C)c7ccccc7)cc6)ccc52)-c2ccc(Oc5ccc(C(C)(C)c6ccccc6)cc5)cc2-4)c2cc(Oc4ccc(C(C)(C)c5ccccc5)cc4)ccc32)cc1.[Pb+4]. The van der Waals surface area contributed by atoms with Crippen molar-refractivity contribution in [1.82, 2.24) is 39.9 Å². The monoisotopic (exact) mass is 1560 g/mol. The van der Waals surface area contributed by atoms with Gasteiger partial charge in [0.2, 0.25) is 0 Å². The molecule has 0 unspecified atom stereocenters. The average Bonchev–Trinajstić information content (AvgIpc) is 1.61. The molecule has 0 spiro atoms. The zero-order valence-electron chi connectivity index (χ0n) is 59.5. The molecule has 5 heterocycles. The maximum atomic E-state index is 6.73. The van der Waals surface area contributed by atoms with Crippen LogP contribution in [0.2, 0.25) is 0 Å². The number of benzene rings is 12. The molecule has 17 rings (SSSR count). The van der Waals surface area contributed by atoms with Crippen molar-refractivity contribution >= 4 is 71.4 Å². The molecule has 0 saturated heterocycles. The molecule has 0 fully saturated rings. The standard InChI is InChI=1S/C92H74N8O4.Pb/c1-89(2,57-21-13-9-14-22-57)61-29-37-65(38-30-61)101-69-45-49-73-77(53-69)85-95-81(73)93-82-75-51-47-71(103-67-41-33-63(34-42-67)91(5,6)59-25-17-11-18-26-59)55-79(75)87(97-82)100-88-80-56-72(104-68-43-35-64(36-44-68)92(7,8)60-27-19-12-20-28-60)48-52-76(80)84(98-88)94-83-74-50-46-70(54-78(74)86(96-83)99-85)102-66-39-31-62(32-40-66)90(3,4)58-23-15-10-16-24-58;/h9-56H,1-8H3,(H2,93,94,95,96,97,98,99,100);/q;+4. The molecular weight excluding hydrogens is 1490 g/mol. The van der Waals surface area contributed by atoms with Gasteiger partial charge in [-0.2, -0.15) is 0 Å². The van der Waals surface area contributed by atoms with Crippen molar-refractivity contribution < 1.29 is 18.9 Å². The van der Waals surface area contributed by atoms with Gasteiger partial charge in [-0.1, -0.05) is 225 Å². The molecule has 0 amide bonds. The minimum absolute atomic E-state index is 0. The number of aromatic amines is 2. The summed E-state index contributed by atoms with van der Waals surface area (Å²) < 4.78 is 26.9. The minimum atomic E-state index is -0.226. The fraction of sp³-hybridized carbons (Fsp3) is 0.130. The third-order valence-electron chi connectivity index (χ3n) is 20.9. The number of hydrogen-bond donors (Lipinski definition) is 2. The smallest absolute Gasteiger partial charge is 0.457 e. The Labute approximate surface area is 630 Å². The van der Waals surface area contributed by atoms with E-state index >= 15 is 0 Å². The van der Waals surface area contributed by atoms with Crippen LogP contribution in [0.4, 0.5) is 0 Å². The van der Waals surface area contributed by atoms with Crippen molar-refractivity contribution in [2.75, 3.05) is 0 Å². The van der Waals surface area contributed by atoms with Gasteiger partial charge in [0.15, 0.2) is 23.3 Å². The minimum Gasteiger partial charge on any atom is -0.457 e. The number of nitrogens with zero attached hydrogens (tertiary/aromatic N) is 6. The van der Waals surface area contributed by atoms with Gasteiger partial charge in [0, 0.05) is 65.5 Å². The van der Waals surface area contributed by atoms with Crippen LogP contribution < -0.4 is 18.9 Å². The Morgan fingerprint density at radius 1 is 0.210 bits per heavy atom. The van der Waals surface area contributed by atoms with Crippen LogP contribution in [0.5, 0.6) is 46.0 Å². The summed E-state index contributed by atoms with van der Waals surface area (Å²) in [7, 11) is 0. The number of rotatable bonds is 16. The normalized spacial score (nSPS) is 12.1. The summed E-state index contributed by atoms with van der Waals surface area (Å²) in [5, 5.41) is 3.04. The molecule has 0 atom stereocenters. The Balaban J connectivity index is 0.00000847. The van der Waals surface area contributed by atoms with Crippen LogP contribution in [0.3, 0.4) is 0 Å². The molecular formula is C92H74N8O4Pb+4. The van der Waals surface area contributed by atoms with Crippen molar-refractivity contribution in [3.8, 4) is 91.5 Å². The van der Waals surface area contributed by atoms with Crippen molar-refractivity contribution in [2.45, 2.75) is 77.0 Å². The van der Waals surface area contributed by atoms with E-state index in [1.165, 1.54) is 44.5 Å². The molecule has 12 aromatic carbocycles. The van der Waals surface area contributed by atoms with E-state index in [2.05, 4.69) is 211 Å².